The number of carbonyl (C=O) groups excluding carboxylic acids is 1. The predicted molar refractivity (Wildman–Crippen MR) is 112 cm³/mol. The van der Waals surface area contributed by atoms with Gasteiger partial charge in [0.25, 0.3) is 0 Å². The lowest BCUT2D eigenvalue weighted by Crippen LogP contribution is -2.36. The maximum absolute atomic E-state index is 12.3. The smallest absolute Gasteiger partial charge is 0.341 e. The topological polar surface area (TPSA) is 72.9 Å². The number of ether oxygens (including phenoxy) is 3. The Hall–Kier alpha value is -3.32. The van der Waals surface area contributed by atoms with Crippen molar-refractivity contribution in [1.29, 1.82) is 0 Å². The Bertz CT molecular complexity index is 1010. The van der Waals surface area contributed by atoms with Crippen molar-refractivity contribution in [2.45, 2.75) is 0 Å². The summed E-state index contributed by atoms with van der Waals surface area (Å²) < 4.78 is 15.7. The van der Waals surface area contributed by atoms with E-state index in [4.69, 9.17) is 14.2 Å². The van der Waals surface area contributed by atoms with Gasteiger partial charge >= 0.3 is 5.97 Å². The van der Waals surface area contributed by atoms with Gasteiger partial charge in [0.1, 0.15) is 11.3 Å². The number of anilines is 3. The second kappa shape index (κ2) is 8.36. The van der Waals surface area contributed by atoms with Gasteiger partial charge < -0.3 is 24.4 Å². The van der Waals surface area contributed by atoms with Crippen LogP contribution >= 0.6 is 0 Å². The van der Waals surface area contributed by atoms with Crippen molar-refractivity contribution in [2.75, 3.05) is 50.7 Å². The number of esters is 1. The Morgan fingerprint density at radius 3 is 2.55 bits per heavy atom. The van der Waals surface area contributed by atoms with Gasteiger partial charge in [0.15, 0.2) is 0 Å². The molecule has 1 fully saturated rings. The molecule has 1 saturated heterocycles. The molecule has 150 valence electrons. The summed E-state index contributed by atoms with van der Waals surface area (Å²) in [6.07, 6.45) is 1.53. The maximum Gasteiger partial charge on any atom is 0.341 e. The lowest BCUT2D eigenvalue weighted by Gasteiger charge is -2.29. The summed E-state index contributed by atoms with van der Waals surface area (Å²) >= 11 is 0. The fraction of sp³-hybridized carbons (Fsp3) is 0.273. The number of benzene rings is 2. The Morgan fingerprint density at radius 2 is 1.86 bits per heavy atom. The third-order valence-corrected chi connectivity index (χ3v) is 4.99. The number of pyridine rings is 1. The van der Waals surface area contributed by atoms with E-state index in [0.29, 0.717) is 17.0 Å². The van der Waals surface area contributed by atoms with E-state index in [0.717, 1.165) is 48.6 Å². The van der Waals surface area contributed by atoms with Gasteiger partial charge in [-0.25, -0.2) is 4.79 Å². The summed E-state index contributed by atoms with van der Waals surface area (Å²) in [7, 11) is 2.97. The van der Waals surface area contributed by atoms with Gasteiger partial charge in [-0.2, -0.15) is 0 Å². The molecule has 7 nitrogen and oxygen atoms in total. The maximum atomic E-state index is 12.3. The SMILES string of the molecule is COC(=O)c1cnc2ccc(OC)cc2c1Nc1ccc(N2CCOCC2)cc1. The van der Waals surface area contributed by atoms with Crippen molar-refractivity contribution in [3.63, 3.8) is 0 Å². The average Bonchev–Trinajstić information content (AvgIpc) is 2.79. The van der Waals surface area contributed by atoms with Crippen LogP contribution in [0.4, 0.5) is 17.1 Å². The molecule has 0 bridgehead atoms. The molecule has 0 radical (unpaired) electrons. The van der Waals surface area contributed by atoms with Gasteiger partial charge in [0.05, 0.1) is 38.6 Å². The van der Waals surface area contributed by atoms with E-state index >= 15 is 0 Å². The van der Waals surface area contributed by atoms with E-state index in [2.05, 4.69) is 27.3 Å². The third kappa shape index (κ3) is 3.95. The molecule has 1 N–H and O–H groups in total. The summed E-state index contributed by atoms with van der Waals surface area (Å²) in [6, 6.07) is 13.7. The zero-order valence-corrected chi connectivity index (χ0v) is 16.5. The van der Waals surface area contributed by atoms with Gasteiger partial charge in [-0.1, -0.05) is 0 Å². The molecular formula is C22H23N3O4. The summed E-state index contributed by atoms with van der Waals surface area (Å²) in [4.78, 5) is 19.0. The van der Waals surface area contributed by atoms with Crippen molar-refractivity contribution >= 4 is 33.9 Å². The molecule has 0 atom stereocenters. The highest BCUT2D eigenvalue weighted by atomic mass is 16.5. The highest BCUT2D eigenvalue weighted by Crippen LogP contribution is 2.32. The number of morpholine rings is 1. The van der Waals surface area contributed by atoms with Crippen LogP contribution in [0.3, 0.4) is 0 Å². The lowest BCUT2D eigenvalue weighted by molar-refractivity contribution is 0.0601. The van der Waals surface area contributed by atoms with Gasteiger partial charge in [-0.15, -0.1) is 0 Å². The van der Waals surface area contributed by atoms with E-state index in [-0.39, 0.29) is 0 Å². The summed E-state index contributed by atoms with van der Waals surface area (Å²) in [5.41, 5.74) is 3.77. The second-order valence-electron chi connectivity index (χ2n) is 6.69. The first-order valence-electron chi connectivity index (χ1n) is 9.44. The first-order valence-corrected chi connectivity index (χ1v) is 9.44. The fourth-order valence-corrected chi connectivity index (χ4v) is 3.42. The van der Waals surface area contributed by atoms with Crippen molar-refractivity contribution in [2.24, 2.45) is 0 Å². The number of methoxy groups -OCH3 is 2. The average molecular weight is 393 g/mol. The van der Waals surface area contributed by atoms with Crippen molar-refractivity contribution in [3.8, 4) is 5.75 Å². The van der Waals surface area contributed by atoms with E-state index in [9.17, 15) is 4.79 Å². The molecule has 0 saturated carbocycles. The number of hydrogen-bond donors (Lipinski definition) is 1. The van der Waals surface area contributed by atoms with E-state index < -0.39 is 5.97 Å². The zero-order valence-electron chi connectivity index (χ0n) is 16.5. The Labute approximate surface area is 169 Å². The number of fused-ring (bicyclic) bond motifs is 1. The van der Waals surface area contributed by atoms with Crippen LogP contribution in [0.25, 0.3) is 10.9 Å². The van der Waals surface area contributed by atoms with Crippen LogP contribution < -0.4 is 15.0 Å². The molecule has 2 heterocycles. The van der Waals surface area contributed by atoms with Gasteiger partial charge in [-0.3, -0.25) is 4.98 Å². The molecule has 0 amide bonds. The highest BCUT2D eigenvalue weighted by molar-refractivity contribution is 6.06. The number of hydrogen-bond acceptors (Lipinski definition) is 7. The molecule has 2 aromatic carbocycles. The predicted octanol–water partition coefficient (Wildman–Crippen LogP) is 3.61. The molecule has 0 aliphatic carbocycles. The Morgan fingerprint density at radius 1 is 1.10 bits per heavy atom. The van der Waals surface area contributed by atoms with Gasteiger partial charge in [-0.05, 0) is 42.5 Å². The van der Waals surface area contributed by atoms with Crippen LogP contribution in [0.1, 0.15) is 10.4 Å². The second-order valence-corrected chi connectivity index (χ2v) is 6.69. The quantitative estimate of drug-likeness (QED) is 0.664. The summed E-state index contributed by atoms with van der Waals surface area (Å²) in [5, 5.41) is 4.15. The minimum atomic E-state index is -0.449. The van der Waals surface area contributed by atoms with Crippen LogP contribution in [0.2, 0.25) is 0 Å². The Balaban J connectivity index is 1.70. The van der Waals surface area contributed by atoms with Crippen molar-refractivity contribution in [3.05, 3.63) is 54.2 Å². The number of nitrogens with one attached hydrogen (secondary N) is 1. The van der Waals surface area contributed by atoms with Crippen LogP contribution in [-0.4, -0.2) is 51.5 Å². The molecule has 1 aliphatic rings. The molecule has 3 aromatic rings. The largest absolute Gasteiger partial charge is 0.497 e. The summed E-state index contributed by atoms with van der Waals surface area (Å²) in [6.45, 7) is 3.25. The molecule has 1 aliphatic heterocycles. The third-order valence-electron chi connectivity index (χ3n) is 4.99. The molecule has 7 heteroatoms. The number of carbonyl (C=O) groups is 1. The highest BCUT2D eigenvalue weighted by Gasteiger charge is 2.17. The molecule has 0 spiro atoms. The van der Waals surface area contributed by atoms with E-state index in [1.165, 1.54) is 13.3 Å². The van der Waals surface area contributed by atoms with E-state index in [1.54, 1.807) is 7.11 Å². The molecule has 1 aromatic heterocycles. The fourth-order valence-electron chi connectivity index (χ4n) is 3.42. The van der Waals surface area contributed by atoms with Crippen LogP contribution in [0.5, 0.6) is 5.75 Å². The van der Waals surface area contributed by atoms with Gasteiger partial charge in [0, 0.05) is 36.0 Å². The van der Waals surface area contributed by atoms with Gasteiger partial charge in [0.2, 0.25) is 0 Å². The van der Waals surface area contributed by atoms with E-state index in [1.807, 2.05) is 30.3 Å². The Kier molecular flexibility index (Phi) is 5.48. The molecular weight excluding hydrogens is 370 g/mol. The molecule has 0 unspecified atom stereocenters. The normalized spacial score (nSPS) is 13.9. The molecule has 29 heavy (non-hydrogen) atoms. The minimum Gasteiger partial charge on any atom is -0.497 e. The van der Waals surface area contributed by atoms with Crippen LogP contribution in [0, 0.1) is 0 Å². The first kappa shape index (κ1) is 19.0. The summed E-state index contributed by atoms with van der Waals surface area (Å²) in [5.74, 6) is 0.238. The lowest BCUT2D eigenvalue weighted by atomic mass is 10.1. The first-order chi connectivity index (χ1) is 14.2. The monoisotopic (exact) mass is 393 g/mol. The zero-order chi connectivity index (χ0) is 20.2. The molecule has 4 rings (SSSR count). The van der Waals surface area contributed by atoms with Crippen molar-refractivity contribution in [1.82, 2.24) is 4.98 Å². The van der Waals surface area contributed by atoms with Crippen molar-refractivity contribution < 1.29 is 19.0 Å². The minimum absolute atomic E-state index is 0.366. The number of rotatable bonds is 5. The number of aromatic nitrogens is 1. The van der Waals surface area contributed by atoms with Crippen LogP contribution in [0.15, 0.2) is 48.7 Å². The van der Waals surface area contributed by atoms with Crippen LogP contribution in [-0.2, 0) is 9.47 Å². The standard InChI is InChI=1S/C22H23N3O4/c1-27-17-7-8-20-18(13-17)21(19(14-23-20)22(26)28-2)24-15-3-5-16(6-4-15)25-9-11-29-12-10-25/h3-8,13-14H,9-12H2,1-2H3,(H,23,24). The number of nitrogens with zero attached hydrogens (tertiary/aromatic N) is 2.